The number of ether oxygens (including phenoxy) is 4. The zero-order valence-corrected chi connectivity index (χ0v) is 19.2. The number of fused-ring (bicyclic) bond motifs is 1. The summed E-state index contributed by atoms with van der Waals surface area (Å²) in [6.45, 7) is 0. The van der Waals surface area contributed by atoms with Crippen molar-refractivity contribution in [3.63, 3.8) is 0 Å². The van der Waals surface area contributed by atoms with Gasteiger partial charge < -0.3 is 24.1 Å². The first-order valence-electron chi connectivity index (χ1n) is 10.4. The lowest BCUT2D eigenvalue weighted by atomic mass is 10.1. The summed E-state index contributed by atoms with van der Waals surface area (Å²) in [5.74, 6) is 1.78. The molecule has 0 fully saturated rings. The van der Waals surface area contributed by atoms with Gasteiger partial charge in [0.2, 0.25) is 5.88 Å². The molecule has 4 rings (SSSR count). The highest BCUT2D eigenvalue weighted by Crippen LogP contribution is 2.34. The number of hydrogen-bond donors (Lipinski definition) is 1. The van der Waals surface area contributed by atoms with E-state index in [1.165, 1.54) is 25.0 Å². The van der Waals surface area contributed by atoms with Crippen LogP contribution in [-0.2, 0) is 0 Å². The molecule has 0 amide bonds. The number of hydrogen-bond acceptors (Lipinski definition) is 7. The van der Waals surface area contributed by atoms with Crippen molar-refractivity contribution in [2.75, 3.05) is 28.4 Å². The van der Waals surface area contributed by atoms with Crippen LogP contribution in [0.4, 0.5) is 5.69 Å². The molecule has 1 heterocycles. The second-order valence-corrected chi connectivity index (χ2v) is 7.26. The minimum absolute atomic E-state index is 0.280. The van der Waals surface area contributed by atoms with E-state index >= 15 is 0 Å². The number of benzene rings is 3. The molecule has 8 nitrogen and oxygen atoms in total. The molecule has 0 saturated carbocycles. The van der Waals surface area contributed by atoms with Crippen molar-refractivity contribution in [1.82, 2.24) is 4.57 Å². The fraction of sp³-hybridized carbons (Fsp3) is 0.154. The van der Waals surface area contributed by atoms with E-state index in [4.69, 9.17) is 18.9 Å². The normalized spacial score (nSPS) is 11.1. The van der Waals surface area contributed by atoms with E-state index < -0.39 is 5.56 Å². The first kappa shape index (κ1) is 22.7. The van der Waals surface area contributed by atoms with Crippen LogP contribution in [0, 0.1) is 0 Å². The number of aromatic nitrogens is 1. The summed E-state index contributed by atoms with van der Waals surface area (Å²) in [6.07, 6.45) is 1.50. The van der Waals surface area contributed by atoms with E-state index in [2.05, 4.69) is 4.99 Å². The van der Waals surface area contributed by atoms with Gasteiger partial charge in [-0.2, -0.15) is 0 Å². The van der Waals surface area contributed by atoms with Gasteiger partial charge in [0.05, 0.1) is 39.7 Å². The van der Waals surface area contributed by atoms with Gasteiger partial charge in [-0.05, 0) is 30.3 Å². The topological polar surface area (TPSA) is 91.5 Å². The molecule has 0 aliphatic carbocycles. The summed E-state index contributed by atoms with van der Waals surface area (Å²) in [4.78, 5) is 18.0. The number of aliphatic imine (C=N–C) groups is 1. The summed E-state index contributed by atoms with van der Waals surface area (Å²) >= 11 is 0. The summed E-state index contributed by atoms with van der Waals surface area (Å²) in [6, 6.07) is 17.2. The Morgan fingerprint density at radius 2 is 1.44 bits per heavy atom. The molecule has 4 aromatic rings. The largest absolute Gasteiger partial charge is 0.497 e. The highest BCUT2D eigenvalue weighted by Gasteiger charge is 2.19. The van der Waals surface area contributed by atoms with Crippen molar-refractivity contribution in [3.05, 3.63) is 76.6 Å². The van der Waals surface area contributed by atoms with Gasteiger partial charge in [-0.1, -0.05) is 18.2 Å². The molecule has 0 aliphatic heterocycles. The van der Waals surface area contributed by atoms with E-state index in [9.17, 15) is 9.90 Å². The Hall–Kier alpha value is -4.46. The number of nitrogens with zero attached hydrogens (tertiary/aromatic N) is 2. The van der Waals surface area contributed by atoms with E-state index in [-0.39, 0.29) is 5.88 Å². The maximum Gasteiger partial charge on any atom is 0.265 e. The second-order valence-electron chi connectivity index (χ2n) is 7.26. The van der Waals surface area contributed by atoms with Gasteiger partial charge in [0, 0.05) is 29.1 Å². The quantitative estimate of drug-likeness (QED) is 0.409. The van der Waals surface area contributed by atoms with E-state index in [1.54, 1.807) is 74.9 Å². The first-order chi connectivity index (χ1) is 16.5. The molecule has 0 saturated heterocycles. The second kappa shape index (κ2) is 9.58. The third kappa shape index (κ3) is 4.01. The number of rotatable bonds is 7. The fourth-order valence-electron chi connectivity index (χ4n) is 3.71. The monoisotopic (exact) mass is 460 g/mol. The van der Waals surface area contributed by atoms with Crippen molar-refractivity contribution >= 4 is 22.7 Å². The van der Waals surface area contributed by atoms with Crippen LogP contribution in [0.1, 0.15) is 5.56 Å². The van der Waals surface area contributed by atoms with Crippen LogP contribution in [0.25, 0.3) is 16.5 Å². The molecule has 3 aromatic carbocycles. The zero-order valence-electron chi connectivity index (χ0n) is 19.2. The predicted octanol–water partition coefficient (Wildman–Crippen LogP) is 4.48. The lowest BCUT2D eigenvalue weighted by Gasteiger charge is -2.16. The number of pyridine rings is 1. The Balaban J connectivity index is 1.98. The smallest absolute Gasteiger partial charge is 0.265 e. The molecule has 174 valence electrons. The van der Waals surface area contributed by atoms with Crippen molar-refractivity contribution in [2.45, 2.75) is 0 Å². The first-order valence-corrected chi connectivity index (χ1v) is 10.4. The minimum Gasteiger partial charge on any atom is -0.497 e. The third-order valence-electron chi connectivity index (χ3n) is 5.45. The molecule has 1 N–H and O–H groups in total. The van der Waals surface area contributed by atoms with Gasteiger partial charge in [-0.25, -0.2) is 4.57 Å². The van der Waals surface area contributed by atoms with Gasteiger partial charge in [-0.3, -0.25) is 9.79 Å². The molecule has 0 spiro atoms. The Morgan fingerprint density at radius 1 is 0.794 bits per heavy atom. The Bertz CT molecular complexity index is 1440. The van der Waals surface area contributed by atoms with Gasteiger partial charge in [0.15, 0.2) is 0 Å². The molecule has 0 unspecified atom stereocenters. The van der Waals surface area contributed by atoms with Gasteiger partial charge >= 0.3 is 0 Å². The van der Waals surface area contributed by atoms with Gasteiger partial charge in [0.25, 0.3) is 5.56 Å². The molecule has 0 aliphatic rings. The maximum absolute atomic E-state index is 13.4. The molecule has 1 aromatic heterocycles. The van der Waals surface area contributed by atoms with Crippen LogP contribution in [0.3, 0.4) is 0 Å². The van der Waals surface area contributed by atoms with Gasteiger partial charge in [0.1, 0.15) is 28.7 Å². The lowest BCUT2D eigenvalue weighted by Crippen LogP contribution is -2.20. The minimum atomic E-state index is -0.396. The molecule has 8 heteroatoms. The highest BCUT2D eigenvalue weighted by atomic mass is 16.5. The summed E-state index contributed by atoms with van der Waals surface area (Å²) in [5.41, 5.74) is 0.834. The SMILES string of the molecule is COc1ccc(OC)c(N=Cc2c(O)n(-c3ccc(OC)cc3OC)c(=O)c3ccccc23)c1. The van der Waals surface area contributed by atoms with Crippen molar-refractivity contribution in [2.24, 2.45) is 4.99 Å². The standard InChI is InChI=1S/C26H24N2O6/c1-31-16-10-12-23(33-3)21(13-16)27-15-20-18-7-5-6-8-19(18)25(29)28(26(20)30)22-11-9-17(32-2)14-24(22)34-4/h5-15,30H,1-4H3. The van der Waals surface area contributed by atoms with Crippen molar-refractivity contribution < 1.29 is 24.1 Å². The molecule has 0 radical (unpaired) electrons. The number of methoxy groups -OCH3 is 4. The summed E-state index contributed by atoms with van der Waals surface area (Å²) < 4.78 is 22.6. The van der Waals surface area contributed by atoms with Crippen LogP contribution in [0.5, 0.6) is 28.9 Å². The zero-order chi connectivity index (χ0) is 24.2. The number of aromatic hydroxyl groups is 1. The van der Waals surface area contributed by atoms with Crippen LogP contribution in [0.2, 0.25) is 0 Å². The molecule has 0 atom stereocenters. The van der Waals surface area contributed by atoms with E-state index in [0.717, 1.165) is 0 Å². The van der Waals surface area contributed by atoms with E-state index in [0.29, 0.717) is 50.7 Å². The molecular formula is C26H24N2O6. The summed E-state index contributed by atoms with van der Waals surface area (Å²) in [5, 5.41) is 12.3. The third-order valence-corrected chi connectivity index (χ3v) is 5.45. The molecule has 34 heavy (non-hydrogen) atoms. The summed E-state index contributed by atoms with van der Waals surface area (Å²) in [7, 11) is 6.13. The van der Waals surface area contributed by atoms with Crippen LogP contribution >= 0.6 is 0 Å². The lowest BCUT2D eigenvalue weighted by molar-refractivity contribution is 0.389. The average Bonchev–Trinajstić information content (AvgIpc) is 2.88. The Labute approximate surface area is 196 Å². The van der Waals surface area contributed by atoms with E-state index in [1.807, 2.05) is 0 Å². The van der Waals surface area contributed by atoms with Crippen LogP contribution < -0.4 is 24.5 Å². The van der Waals surface area contributed by atoms with Crippen molar-refractivity contribution in [1.29, 1.82) is 0 Å². The highest BCUT2D eigenvalue weighted by molar-refractivity contribution is 6.02. The van der Waals surface area contributed by atoms with Crippen molar-refractivity contribution in [3.8, 4) is 34.6 Å². The average molecular weight is 460 g/mol. The van der Waals surface area contributed by atoms with Crippen LogP contribution in [-0.4, -0.2) is 44.3 Å². The molecule has 0 bridgehead atoms. The Kier molecular flexibility index (Phi) is 6.40. The predicted molar refractivity (Wildman–Crippen MR) is 131 cm³/mol. The van der Waals surface area contributed by atoms with Gasteiger partial charge in [-0.15, -0.1) is 0 Å². The molecular weight excluding hydrogens is 436 g/mol. The maximum atomic E-state index is 13.4. The van der Waals surface area contributed by atoms with Crippen LogP contribution in [0.15, 0.2) is 70.5 Å². The fourth-order valence-corrected chi connectivity index (χ4v) is 3.71. The Morgan fingerprint density at radius 3 is 2.12 bits per heavy atom.